The Bertz CT molecular complexity index is 401. The highest BCUT2D eigenvalue weighted by molar-refractivity contribution is 6.16. The predicted molar refractivity (Wildman–Crippen MR) is 72.7 cm³/mol. The Morgan fingerprint density at radius 2 is 1.94 bits per heavy atom. The summed E-state index contributed by atoms with van der Waals surface area (Å²) in [5.74, 6) is 1.24. The van der Waals surface area contributed by atoms with Crippen LogP contribution in [0.15, 0.2) is 6.20 Å². The molecule has 0 aromatic carbocycles. The maximum absolute atomic E-state index is 5.93. The number of hydrogen-bond donors (Lipinski definition) is 0. The molecule has 1 fully saturated rings. The number of halogens is 1. The number of methoxy groups -OCH3 is 1. The van der Waals surface area contributed by atoms with Crippen molar-refractivity contribution in [3.63, 3.8) is 0 Å². The molecule has 1 heterocycles. The number of rotatable bonds is 3. The van der Waals surface area contributed by atoms with Gasteiger partial charge in [-0.3, -0.25) is 0 Å². The molecule has 1 aromatic heterocycles. The second-order valence-corrected chi connectivity index (χ2v) is 5.34. The standard InChI is InChI=1S/C14H21ClN2O/c1-11-10-16-13(17-12(11)9-15)14(18-2)7-5-3-4-6-8-14/h10H,3-9H2,1-2H3. The summed E-state index contributed by atoms with van der Waals surface area (Å²) < 4.78 is 5.82. The fraction of sp³-hybridized carbons (Fsp3) is 0.714. The third-order valence-electron chi connectivity index (χ3n) is 3.91. The highest BCUT2D eigenvalue weighted by Crippen LogP contribution is 2.37. The van der Waals surface area contributed by atoms with Crippen LogP contribution >= 0.6 is 11.6 Å². The van der Waals surface area contributed by atoms with Gasteiger partial charge in [-0.15, -0.1) is 11.6 Å². The summed E-state index contributed by atoms with van der Waals surface area (Å²) in [6.45, 7) is 1.99. The monoisotopic (exact) mass is 268 g/mol. The van der Waals surface area contributed by atoms with Crippen LogP contribution in [0.1, 0.15) is 55.6 Å². The molecular weight excluding hydrogens is 248 g/mol. The summed E-state index contributed by atoms with van der Waals surface area (Å²) >= 11 is 5.93. The Labute approximate surface area is 114 Å². The van der Waals surface area contributed by atoms with Gasteiger partial charge in [0, 0.05) is 13.3 Å². The van der Waals surface area contributed by atoms with E-state index in [0.29, 0.717) is 5.88 Å². The summed E-state index contributed by atoms with van der Waals surface area (Å²) in [4.78, 5) is 9.13. The lowest BCUT2D eigenvalue weighted by molar-refractivity contribution is -0.0353. The van der Waals surface area contributed by atoms with Crippen LogP contribution in [0.3, 0.4) is 0 Å². The van der Waals surface area contributed by atoms with Gasteiger partial charge < -0.3 is 4.74 Å². The molecule has 0 saturated heterocycles. The molecule has 0 atom stereocenters. The van der Waals surface area contributed by atoms with E-state index in [9.17, 15) is 0 Å². The summed E-state index contributed by atoms with van der Waals surface area (Å²) in [6.07, 6.45) is 8.80. The van der Waals surface area contributed by atoms with E-state index < -0.39 is 0 Å². The topological polar surface area (TPSA) is 35.0 Å². The molecule has 0 spiro atoms. The Kier molecular flexibility index (Phi) is 4.57. The Morgan fingerprint density at radius 3 is 2.50 bits per heavy atom. The molecular formula is C14H21ClN2O. The van der Waals surface area contributed by atoms with Crippen LogP contribution in [0, 0.1) is 6.92 Å². The van der Waals surface area contributed by atoms with Gasteiger partial charge >= 0.3 is 0 Å². The van der Waals surface area contributed by atoms with Crippen molar-refractivity contribution >= 4 is 11.6 Å². The van der Waals surface area contributed by atoms with Crippen LogP contribution in [0.25, 0.3) is 0 Å². The van der Waals surface area contributed by atoms with Crippen molar-refractivity contribution in [3.05, 3.63) is 23.3 Å². The molecule has 1 aromatic rings. The van der Waals surface area contributed by atoms with Crippen molar-refractivity contribution in [3.8, 4) is 0 Å². The zero-order valence-corrected chi connectivity index (χ0v) is 12.0. The van der Waals surface area contributed by atoms with Crippen LogP contribution in [0.4, 0.5) is 0 Å². The summed E-state index contributed by atoms with van der Waals surface area (Å²) in [6, 6.07) is 0. The van der Waals surface area contributed by atoms with E-state index in [4.69, 9.17) is 16.3 Å². The van der Waals surface area contributed by atoms with Crippen molar-refractivity contribution in [1.82, 2.24) is 9.97 Å². The van der Waals surface area contributed by atoms with E-state index in [-0.39, 0.29) is 5.60 Å². The molecule has 0 bridgehead atoms. The zero-order chi connectivity index (χ0) is 13.0. The third kappa shape index (κ3) is 2.67. The first-order valence-corrected chi connectivity index (χ1v) is 7.19. The van der Waals surface area contributed by atoms with Crippen molar-refractivity contribution < 1.29 is 4.74 Å². The van der Waals surface area contributed by atoms with Gasteiger partial charge in [-0.2, -0.15) is 0 Å². The number of nitrogens with zero attached hydrogens (tertiary/aromatic N) is 2. The second-order valence-electron chi connectivity index (χ2n) is 5.07. The molecule has 1 aliphatic rings. The molecule has 2 rings (SSSR count). The molecule has 18 heavy (non-hydrogen) atoms. The van der Waals surface area contributed by atoms with Crippen LogP contribution in [-0.4, -0.2) is 17.1 Å². The van der Waals surface area contributed by atoms with Crippen molar-refractivity contribution in [2.75, 3.05) is 7.11 Å². The van der Waals surface area contributed by atoms with Crippen LogP contribution < -0.4 is 0 Å². The minimum Gasteiger partial charge on any atom is -0.370 e. The van der Waals surface area contributed by atoms with Gasteiger partial charge in [0.1, 0.15) is 5.60 Å². The molecule has 0 radical (unpaired) electrons. The molecule has 0 unspecified atom stereocenters. The summed E-state index contributed by atoms with van der Waals surface area (Å²) in [5.41, 5.74) is 1.67. The van der Waals surface area contributed by atoms with Crippen LogP contribution in [0.5, 0.6) is 0 Å². The Balaban J connectivity index is 2.36. The first-order chi connectivity index (χ1) is 8.72. The molecule has 0 N–H and O–H groups in total. The average molecular weight is 269 g/mol. The Hall–Kier alpha value is -0.670. The fourth-order valence-electron chi connectivity index (χ4n) is 2.65. The minimum absolute atomic E-state index is 0.301. The second kappa shape index (κ2) is 5.98. The quantitative estimate of drug-likeness (QED) is 0.619. The van der Waals surface area contributed by atoms with Crippen molar-refractivity contribution in [2.24, 2.45) is 0 Å². The smallest absolute Gasteiger partial charge is 0.160 e. The van der Waals surface area contributed by atoms with Crippen LogP contribution in [-0.2, 0) is 16.2 Å². The van der Waals surface area contributed by atoms with Gasteiger partial charge in [0.2, 0.25) is 0 Å². The summed E-state index contributed by atoms with van der Waals surface area (Å²) in [7, 11) is 1.77. The SMILES string of the molecule is COC1(c2ncc(C)c(CCl)n2)CCCCCC1. The molecule has 1 aliphatic carbocycles. The molecule has 3 nitrogen and oxygen atoms in total. The lowest BCUT2D eigenvalue weighted by Crippen LogP contribution is -2.30. The maximum Gasteiger partial charge on any atom is 0.160 e. The third-order valence-corrected chi connectivity index (χ3v) is 4.17. The average Bonchev–Trinajstić information content (AvgIpc) is 2.65. The number of alkyl halides is 1. The zero-order valence-electron chi connectivity index (χ0n) is 11.2. The van der Waals surface area contributed by atoms with Gasteiger partial charge in [-0.05, 0) is 25.3 Å². The lowest BCUT2D eigenvalue weighted by atomic mass is 9.93. The van der Waals surface area contributed by atoms with E-state index in [1.165, 1.54) is 25.7 Å². The fourth-order valence-corrected chi connectivity index (χ4v) is 2.92. The summed E-state index contributed by atoms with van der Waals surface area (Å²) in [5, 5.41) is 0. The normalized spacial score (nSPS) is 19.5. The van der Waals surface area contributed by atoms with E-state index in [2.05, 4.69) is 9.97 Å². The molecule has 1 saturated carbocycles. The first-order valence-electron chi connectivity index (χ1n) is 6.66. The van der Waals surface area contributed by atoms with Gasteiger partial charge in [-0.1, -0.05) is 25.7 Å². The van der Waals surface area contributed by atoms with E-state index in [1.54, 1.807) is 7.11 Å². The highest BCUT2D eigenvalue weighted by atomic mass is 35.5. The number of ether oxygens (including phenoxy) is 1. The van der Waals surface area contributed by atoms with E-state index >= 15 is 0 Å². The van der Waals surface area contributed by atoms with Gasteiger partial charge in [-0.25, -0.2) is 9.97 Å². The Morgan fingerprint density at radius 1 is 1.28 bits per heavy atom. The van der Waals surface area contributed by atoms with Gasteiger partial charge in [0.05, 0.1) is 11.6 Å². The van der Waals surface area contributed by atoms with Crippen molar-refractivity contribution in [2.45, 2.75) is 56.9 Å². The first kappa shape index (κ1) is 13.8. The minimum atomic E-state index is -0.301. The number of hydrogen-bond acceptors (Lipinski definition) is 3. The molecule has 0 amide bonds. The molecule has 100 valence electrons. The number of aryl methyl sites for hydroxylation is 1. The van der Waals surface area contributed by atoms with Gasteiger partial charge in [0.25, 0.3) is 0 Å². The maximum atomic E-state index is 5.93. The van der Waals surface area contributed by atoms with E-state index in [1.807, 2.05) is 13.1 Å². The highest BCUT2D eigenvalue weighted by Gasteiger charge is 2.35. The van der Waals surface area contributed by atoms with E-state index in [0.717, 1.165) is 29.9 Å². The largest absolute Gasteiger partial charge is 0.370 e. The number of aromatic nitrogens is 2. The molecule has 0 aliphatic heterocycles. The predicted octanol–water partition coefficient (Wildman–Crippen LogP) is 3.72. The lowest BCUT2D eigenvalue weighted by Gasteiger charge is -2.30. The van der Waals surface area contributed by atoms with Gasteiger partial charge in [0.15, 0.2) is 5.82 Å². The molecule has 4 heteroatoms. The van der Waals surface area contributed by atoms with Crippen molar-refractivity contribution in [1.29, 1.82) is 0 Å². The van der Waals surface area contributed by atoms with Crippen LogP contribution in [0.2, 0.25) is 0 Å².